The van der Waals surface area contributed by atoms with Crippen molar-refractivity contribution < 1.29 is 18.0 Å². The SMILES string of the molecule is CC(NC(=O)C1(C(F)(F)F)CCNC1)c1ccc(Br)cc1. The van der Waals surface area contributed by atoms with E-state index < -0.39 is 23.5 Å². The summed E-state index contributed by atoms with van der Waals surface area (Å²) in [6.07, 6.45) is -4.78. The minimum absolute atomic E-state index is 0.194. The first-order valence-corrected chi connectivity index (χ1v) is 7.39. The second-order valence-corrected chi connectivity index (χ2v) is 6.17. The van der Waals surface area contributed by atoms with Crippen molar-refractivity contribution in [1.82, 2.24) is 10.6 Å². The zero-order valence-electron chi connectivity index (χ0n) is 11.4. The number of benzene rings is 1. The van der Waals surface area contributed by atoms with Gasteiger partial charge in [0.15, 0.2) is 5.41 Å². The highest BCUT2D eigenvalue weighted by Crippen LogP contribution is 2.43. The van der Waals surface area contributed by atoms with Gasteiger partial charge in [0.05, 0.1) is 6.04 Å². The van der Waals surface area contributed by atoms with Gasteiger partial charge in [0, 0.05) is 11.0 Å². The average Bonchev–Trinajstić information content (AvgIpc) is 2.89. The monoisotopic (exact) mass is 364 g/mol. The van der Waals surface area contributed by atoms with E-state index in [0.717, 1.165) is 10.0 Å². The smallest absolute Gasteiger partial charge is 0.349 e. The Morgan fingerprint density at radius 2 is 2.00 bits per heavy atom. The van der Waals surface area contributed by atoms with Crippen molar-refractivity contribution in [2.75, 3.05) is 13.1 Å². The molecular weight excluding hydrogens is 349 g/mol. The van der Waals surface area contributed by atoms with E-state index in [-0.39, 0.29) is 19.5 Å². The third-order valence-corrected chi connectivity index (χ3v) is 4.38. The van der Waals surface area contributed by atoms with E-state index in [2.05, 4.69) is 26.6 Å². The molecule has 1 aliphatic rings. The number of alkyl halides is 3. The Morgan fingerprint density at radius 3 is 2.48 bits per heavy atom. The number of nitrogens with one attached hydrogen (secondary N) is 2. The summed E-state index contributed by atoms with van der Waals surface area (Å²) in [6.45, 7) is 1.50. The standard InChI is InChI=1S/C14H16BrF3N2O/c1-9(10-2-4-11(15)5-3-10)20-12(21)13(14(16,17)18)6-7-19-8-13/h2-5,9,19H,6-8H2,1H3,(H,20,21). The van der Waals surface area contributed by atoms with Crippen LogP contribution in [0.3, 0.4) is 0 Å². The molecule has 0 aromatic heterocycles. The number of hydrogen-bond acceptors (Lipinski definition) is 2. The summed E-state index contributed by atoms with van der Waals surface area (Å²) in [4.78, 5) is 12.2. The predicted molar refractivity (Wildman–Crippen MR) is 76.7 cm³/mol. The van der Waals surface area contributed by atoms with Crippen molar-refractivity contribution in [3.8, 4) is 0 Å². The van der Waals surface area contributed by atoms with Crippen LogP contribution in [0.5, 0.6) is 0 Å². The lowest BCUT2D eigenvalue weighted by Gasteiger charge is -2.31. The van der Waals surface area contributed by atoms with Gasteiger partial charge in [0.1, 0.15) is 0 Å². The summed E-state index contributed by atoms with van der Waals surface area (Å²) in [6, 6.07) is 6.62. The molecule has 2 rings (SSSR count). The quantitative estimate of drug-likeness (QED) is 0.864. The van der Waals surface area contributed by atoms with Crippen molar-refractivity contribution >= 4 is 21.8 Å². The Morgan fingerprint density at radius 1 is 1.38 bits per heavy atom. The largest absolute Gasteiger partial charge is 0.404 e. The Labute approximate surface area is 129 Å². The average molecular weight is 365 g/mol. The van der Waals surface area contributed by atoms with Crippen LogP contribution < -0.4 is 10.6 Å². The van der Waals surface area contributed by atoms with Gasteiger partial charge in [-0.25, -0.2) is 0 Å². The lowest BCUT2D eigenvalue weighted by atomic mass is 9.84. The molecule has 0 radical (unpaired) electrons. The van der Waals surface area contributed by atoms with Gasteiger partial charge in [-0.1, -0.05) is 28.1 Å². The molecule has 0 spiro atoms. The summed E-state index contributed by atoms with van der Waals surface area (Å²) in [5.41, 5.74) is -1.56. The van der Waals surface area contributed by atoms with Gasteiger partial charge < -0.3 is 10.6 Å². The van der Waals surface area contributed by atoms with Crippen LogP contribution in [0.2, 0.25) is 0 Å². The minimum Gasteiger partial charge on any atom is -0.349 e. The van der Waals surface area contributed by atoms with Crippen LogP contribution in [0.15, 0.2) is 28.7 Å². The van der Waals surface area contributed by atoms with Gasteiger partial charge >= 0.3 is 6.18 Å². The molecule has 3 nitrogen and oxygen atoms in total. The number of rotatable bonds is 3. The minimum atomic E-state index is -4.56. The normalized spacial score (nSPS) is 23.9. The highest BCUT2D eigenvalue weighted by molar-refractivity contribution is 9.10. The van der Waals surface area contributed by atoms with Gasteiger partial charge in [-0.05, 0) is 37.6 Å². The van der Waals surface area contributed by atoms with Gasteiger partial charge in [-0.15, -0.1) is 0 Å². The maximum absolute atomic E-state index is 13.3. The summed E-state index contributed by atoms with van der Waals surface area (Å²) >= 11 is 3.29. The van der Waals surface area contributed by atoms with E-state index in [1.54, 1.807) is 31.2 Å². The van der Waals surface area contributed by atoms with Crippen molar-refractivity contribution in [3.05, 3.63) is 34.3 Å². The highest BCUT2D eigenvalue weighted by atomic mass is 79.9. The van der Waals surface area contributed by atoms with Crippen LogP contribution in [-0.4, -0.2) is 25.2 Å². The molecule has 1 aromatic rings. The zero-order valence-corrected chi connectivity index (χ0v) is 13.0. The Bertz CT molecular complexity index is 510. The number of carbonyl (C=O) groups excluding carboxylic acids is 1. The molecule has 1 aromatic carbocycles. The molecule has 1 aliphatic heterocycles. The van der Waals surface area contributed by atoms with Gasteiger partial charge in [-0.3, -0.25) is 4.79 Å². The maximum Gasteiger partial charge on any atom is 0.404 e. The molecular formula is C14H16BrF3N2O. The molecule has 7 heteroatoms. The summed E-state index contributed by atoms with van der Waals surface area (Å²) in [5.74, 6) is -0.963. The third-order valence-electron chi connectivity index (χ3n) is 3.85. The van der Waals surface area contributed by atoms with Crippen molar-refractivity contribution in [1.29, 1.82) is 0 Å². The number of halogens is 4. The lowest BCUT2D eigenvalue weighted by Crippen LogP contribution is -2.52. The lowest BCUT2D eigenvalue weighted by molar-refractivity contribution is -0.216. The molecule has 116 valence electrons. The summed E-state index contributed by atoms with van der Waals surface area (Å²) in [7, 11) is 0. The van der Waals surface area contributed by atoms with Gasteiger partial charge in [0.25, 0.3) is 0 Å². The number of amides is 1. The first-order chi connectivity index (χ1) is 9.76. The molecule has 1 amide bonds. The number of carbonyl (C=O) groups is 1. The predicted octanol–water partition coefficient (Wildman–Crippen LogP) is 3.17. The van der Waals surface area contributed by atoms with Crippen LogP contribution in [0.25, 0.3) is 0 Å². The second-order valence-electron chi connectivity index (χ2n) is 5.25. The van der Waals surface area contributed by atoms with Crippen molar-refractivity contribution in [2.24, 2.45) is 5.41 Å². The van der Waals surface area contributed by atoms with Gasteiger partial charge in [-0.2, -0.15) is 13.2 Å². The maximum atomic E-state index is 13.3. The van der Waals surface area contributed by atoms with Crippen LogP contribution in [0.4, 0.5) is 13.2 Å². The first-order valence-electron chi connectivity index (χ1n) is 6.60. The molecule has 1 fully saturated rings. The highest BCUT2D eigenvalue weighted by Gasteiger charge is 2.61. The van der Waals surface area contributed by atoms with E-state index >= 15 is 0 Å². The Kier molecular flexibility index (Phi) is 4.63. The van der Waals surface area contributed by atoms with Gasteiger partial charge in [0.2, 0.25) is 5.91 Å². The molecule has 0 bridgehead atoms. The summed E-state index contributed by atoms with van der Waals surface area (Å²) < 4.78 is 40.7. The van der Waals surface area contributed by atoms with Crippen LogP contribution in [0.1, 0.15) is 24.9 Å². The Hall–Kier alpha value is -1.08. The fourth-order valence-corrected chi connectivity index (χ4v) is 2.69. The molecule has 1 heterocycles. The van der Waals surface area contributed by atoms with E-state index in [4.69, 9.17) is 0 Å². The van der Waals surface area contributed by atoms with E-state index in [9.17, 15) is 18.0 Å². The first kappa shape index (κ1) is 16.3. The molecule has 0 saturated carbocycles. The molecule has 2 atom stereocenters. The second kappa shape index (κ2) is 5.96. The van der Waals surface area contributed by atoms with Crippen LogP contribution in [0, 0.1) is 5.41 Å². The van der Waals surface area contributed by atoms with Crippen LogP contribution in [-0.2, 0) is 4.79 Å². The fraction of sp³-hybridized carbons (Fsp3) is 0.500. The van der Waals surface area contributed by atoms with Crippen molar-refractivity contribution in [3.63, 3.8) is 0 Å². The van der Waals surface area contributed by atoms with Crippen molar-refractivity contribution in [2.45, 2.75) is 25.6 Å². The molecule has 2 unspecified atom stereocenters. The topological polar surface area (TPSA) is 41.1 Å². The van der Waals surface area contributed by atoms with E-state index in [0.29, 0.717) is 0 Å². The zero-order chi connectivity index (χ0) is 15.7. The Balaban J connectivity index is 2.14. The van der Waals surface area contributed by atoms with E-state index in [1.807, 2.05) is 0 Å². The fourth-order valence-electron chi connectivity index (χ4n) is 2.43. The molecule has 21 heavy (non-hydrogen) atoms. The third kappa shape index (κ3) is 3.23. The number of hydrogen-bond donors (Lipinski definition) is 2. The molecule has 2 N–H and O–H groups in total. The van der Waals surface area contributed by atoms with E-state index in [1.165, 1.54) is 0 Å². The molecule has 1 saturated heterocycles. The summed E-state index contributed by atoms with van der Waals surface area (Å²) in [5, 5.41) is 5.12. The van der Waals surface area contributed by atoms with Crippen LogP contribution >= 0.6 is 15.9 Å². The molecule has 0 aliphatic carbocycles.